The van der Waals surface area contributed by atoms with Gasteiger partial charge in [-0.25, -0.2) is 4.98 Å². The molecule has 0 aliphatic carbocycles. The summed E-state index contributed by atoms with van der Waals surface area (Å²) in [5.74, 6) is 2.30. The van der Waals surface area contributed by atoms with Crippen LogP contribution in [0.4, 0.5) is 0 Å². The van der Waals surface area contributed by atoms with E-state index in [1.807, 2.05) is 37.3 Å². The number of hydrogen-bond acceptors (Lipinski definition) is 6. The number of hydrogen-bond donors (Lipinski definition) is 0. The van der Waals surface area contributed by atoms with Crippen molar-refractivity contribution in [3.63, 3.8) is 0 Å². The van der Waals surface area contributed by atoms with Crippen molar-refractivity contribution in [2.45, 2.75) is 47.5 Å². The van der Waals surface area contributed by atoms with Crippen molar-refractivity contribution < 1.29 is 14.2 Å². The Hall–Kier alpha value is -3.36. The highest BCUT2D eigenvalue weighted by molar-refractivity contribution is 9.10. The zero-order valence-electron chi connectivity index (χ0n) is 24.6. The first kappa shape index (κ1) is 30.6. The van der Waals surface area contributed by atoms with Crippen molar-refractivity contribution >= 4 is 44.6 Å². The van der Waals surface area contributed by atoms with Gasteiger partial charge in [0.2, 0.25) is 0 Å². The van der Waals surface area contributed by atoms with Crippen molar-refractivity contribution in [2.75, 3.05) is 20.8 Å². The van der Waals surface area contributed by atoms with Crippen LogP contribution < -0.4 is 19.8 Å². The lowest BCUT2D eigenvalue weighted by Gasteiger charge is -2.21. The quantitative estimate of drug-likeness (QED) is 0.181. The molecule has 4 aromatic rings. The van der Waals surface area contributed by atoms with Gasteiger partial charge >= 0.3 is 0 Å². The maximum Gasteiger partial charge on any atom is 0.282 e. The normalized spacial score (nSPS) is 12.0. The Balaban J connectivity index is 1.92. The summed E-state index contributed by atoms with van der Waals surface area (Å²) in [6.07, 6.45) is 1.57. The molecule has 3 aromatic carbocycles. The summed E-state index contributed by atoms with van der Waals surface area (Å²) in [7, 11) is 3.21. The number of nitrogens with zero attached hydrogens (tertiary/aromatic N) is 3. The molecule has 0 saturated heterocycles. The third kappa shape index (κ3) is 6.44. The molecular formula is C32H35BrClN3O4. The lowest BCUT2D eigenvalue weighted by Crippen LogP contribution is -2.21. The first-order valence-corrected chi connectivity index (χ1v) is 14.5. The van der Waals surface area contributed by atoms with Crippen LogP contribution in [-0.4, -0.2) is 36.7 Å². The van der Waals surface area contributed by atoms with E-state index in [0.29, 0.717) is 49.9 Å². The smallest absolute Gasteiger partial charge is 0.282 e. The molecule has 0 atom stereocenters. The van der Waals surface area contributed by atoms with Gasteiger partial charge in [-0.1, -0.05) is 58.4 Å². The van der Waals surface area contributed by atoms with Crippen LogP contribution in [0.1, 0.15) is 57.2 Å². The summed E-state index contributed by atoms with van der Waals surface area (Å²) in [4.78, 5) is 18.7. The lowest BCUT2D eigenvalue weighted by atomic mass is 9.96. The minimum Gasteiger partial charge on any atom is -0.496 e. The minimum absolute atomic E-state index is 0.0728. The van der Waals surface area contributed by atoms with Gasteiger partial charge in [0, 0.05) is 15.6 Å². The van der Waals surface area contributed by atoms with Crippen molar-refractivity contribution in [1.82, 2.24) is 9.66 Å². The van der Waals surface area contributed by atoms with E-state index in [0.717, 1.165) is 22.4 Å². The van der Waals surface area contributed by atoms with E-state index in [2.05, 4.69) is 55.7 Å². The Bertz CT molecular complexity index is 1690. The second kappa shape index (κ2) is 12.2. The molecule has 0 saturated carbocycles. The van der Waals surface area contributed by atoms with Gasteiger partial charge in [-0.2, -0.15) is 9.78 Å². The number of ether oxygens (including phenoxy) is 3. The summed E-state index contributed by atoms with van der Waals surface area (Å²) >= 11 is 10.3. The zero-order chi connectivity index (χ0) is 30.1. The van der Waals surface area contributed by atoms with E-state index in [4.69, 9.17) is 30.8 Å². The van der Waals surface area contributed by atoms with Crippen molar-refractivity contribution in [3.8, 4) is 28.6 Å². The number of halogens is 2. The van der Waals surface area contributed by atoms with Gasteiger partial charge in [-0.3, -0.25) is 4.79 Å². The van der Waals surface area contributed by atoms with Gasteiger partial charge in [0.25, 0.3) is 5.56 Å². The summed E-state index contributed by atoms with van der Waals surface area (Å²) in [6, 6.07) is 13.0. The molecule has 0 N–H and O–H groups in total. The van der Waals surface area contributed by atoms with Crippen molar-refractivity contribution in [2.24, 2.45) is 10.5 Å². The average Bonchev–Trinajstić information content (AvgIpc) is 2.93. The van der Waals surface area contributed by atoms with Gasteiger partial charge in [-0.15, -0.1) is 0 Å². The predicted octanol–water partition coefficient (Wildman–Crippen LogP) is 8.24. The zero-order valence-corrected chi connectivity index (χ0v) is 27.0. The van der Waals surface area contributed by atoms with Crippen LogP contribution in [0.5, 0.6) is 17.2 Å². The van der Waals surface area contributed by atoms with Crippen molar-refractivity contribution in [1.29, 1.82) is 0 Å². The van der Waals surface area contributed by atoms with E-state index in [-0.39, 0.29) is 16.9 Å². The number of methoxy groups -OCH3 is 2. The molecule has 0 spiro atoms. The molecule has 0 amide bonds. The molecule has 9 heteroatoms. The highest BCUT2D eigenvalue weighted by Crippen LogP contribution is 2.43. The summed E-state index contributed by atoms with van der Waals surface area (Å²) < 4.78 is 19.2. The second-order valence-electron chi connectivity index (χ2n) is 11.4. The summed E-state index contributed by atoms with van der Waals surface area (Å²) in [5.41, 5.74) is 3.54. The fourth-order valence-corrected chi connectivity index (χ4v) is 5.02. The highest BCUT2D eigenvalue weighted by atomic mass is 79.9. The fraction of sp³-hybridized carbons (Fsp3) is 0.344. The molecule has 7 nitrogen and oxygen atoms in total. The first-order valence-electron chi connectivity index (χ1n) is 13.3. The lowest BCUT2D eigenvalue weighted by molar-refractivity contribution is 0.191. The van der Waals surface area contributed by atoms with Crippen molar-refractivity contribution in [3.05, 3.63) is 79.0 Å². The molecule has 0 fully saturated rings. The van der Waals surface area contributed by atoms with E-state index in [9.17, 15) is 4.79 Å². The van der Waals surface area contributed by atoms with Crippen LogP contribution in [0.15, 0.2) is 56.8 Å². The highest BCUT2D eigenvalue weighted by Gasteiger charge is 2.21. The molecule has 4 rings (SSSR count). The molecule has 0 unspecified atom stereocenters. The molecule has 1 heterocycles. The fourth-order valence-electron chi connectivity index (χ4n) is 4.37. The summed E-state index contributed by atoms with van der Waals surface area (Å²) in [6.45, 7) is 12.8. The number of aryl methyl sites for hydroxylation is 1. The number of fused-ring (bicyclic) bond motifs is 1. The Morgan fingerprint density at radius 1 is 1.10 bits per heavy atom. The van der Waals surface area contributed by atoms with Gasteiger partial charge in [0.1, 0.15) is 10.8 Å². The molecule has 0 bridgehead atoms. The monoisotopic (exact) mass is 639 g/mol. The van der Waals surface area contributed by atoms with Crippen LogP contribution in [0.25, 0.3) is 22.3 Å². The SMILES string of the molecule is COc1cc(C)c(-c2nc3ccccc3c(=O)n2N=Cc2cc(OC)c(OCC(C)(C)C)c(Cl)c2Br)cc1C(C)C. The molecule has 216 valence electrons. The van der Waals surface area contributed by atoms with E-state index in [1.54, 1.807) is 32.6 Å². The van der Waals surface area contributed by atoms with Gasteiger partial charge in [-0.05, 0) is 75.6 Å². The molecule has 1 aromatic heterocycles. The van der Waals surface area contributed by atoms with E-state index < -0.39 is 0 Å². The number of benzene rings is 3. The molecular weight excluding hydrogens is 606 g/mol. The topological polar surface area (TPSA) is 74.9 Å². The Morgan fingerprint density at radius 2 is 1.78 bits per heavy atom. The number of aromatic nitrogens is 2. The number of rotatable bonds is 8. The van der Waals surface area contributed by atoms with Crippen LogP contribution >= 0.6 is 27.5 Å². The first-order chi connectivity index (χ1) is 19.4. The Morgan fingerprint density at radius 3 is 2.41 bits per heavy atom. The van der Waals surface area contributed by atoms with Crippen LogP contribution in [0.3, 0.4) is 0 Å². The Kier molecular flexibility index (Phi) is 9.14. The average molecular weight is 641 g/mol. The standard InChI is InChI=1S/C32H35BrClN3O4/c1-18(2)22-15-23(19(3)13-25(22)39-7)30-36-24-12-10-9-11-21(24)31(38)37(30)35-16-20-14-26(40-8)29(28(34)27(20)33)41-17-32(4,5)6/h9-16,18H,17H2,1-8H3. The van der Waals surface area contributed by atoms with Gasteiger partial charge in [0.15, 0.2) is 17.3 Å². The molecule has 0 radical (unpaired) electrons. The van der Waals surface area contributed by atoms with Crippen LogP contribution in [-0.2, 0) is 0 Å². The molecule has 0 aliphatic heterocycles. The maximum absolute atomic E-state index is 13.8. The molecule has 41 heavy (non-hydrogen) atoms. The van der Waals surface area contributed by atoms with E-state index >= 15 is 0 Å². The molecule has 0 aliphatic rings. The minimum atomic E-state index is -0.289. The third-order valence-corrected chi connectivity index (χ3v) is 7.97. The van der Waals surface area contributed by atoms with Crippen LogP contribution in [0.2, 0.25) is 5.02 Å². The third-order valence-electron chi connectivity index (χ3n) is 6.53. The van der Waals surface area contributed by atoms with Gasteiger partial charge in [0.05, 0.1) is 37.9 Å². The largest absolute Gasteiger partial charge is 0.496 e. The second-order valence-corrected chi connectivity index (χ2v) is 12.5. The summed E-state index contributed by atoms with van der Waals surface area (Å²) in [5, 5.41) is 5.47. The number of para-hydroxylation sites is 1. The van der Waals surface area contributed by atoms with E-state index in [1.165, 1.54) is 4.68 Å². The van der Waals surface area contributed by atoms with Crippen LogP contribution in [0, 0.1) is 12.3 Å². The van der Waals surface area contributed by atoms with Gasteiger partial charge < -0.3 is 14.2 Å². The Labute approximate surface area is 254 Å². The maximum atomic E-state index is 13.8. The predicted molar refractivity (Wildman–Crippen MR) is 170 cm³/mol.